The maximum atomic E-state index is 14.1. The first kappa shape index (κ1) is 28.3. The van der Waals surface area contributed by atoms with E-state index in [4.69, 9.17) is 29.2 Å². The smallest absolute Gasteiger partial charge is 0.243 e. The van der Waals surface area contributed by atoms with Crippen LogP contribution in [0.25, 0.3) is 33.2 Å². The average molecular weight is 596 g/mol. The molecule has 1 N–H and O–H groups in total. The lowest BCUT2D eigenvalue weighted by Crippen LogP contribution is -2.51. The summed E-state index contributed by atoms with van der Waals surface area (Å²) in [5, 5.41) is 1.01. The van der Waals surface area contributed by atoms with Crippen molar-refractivity contribution in [3.63, 3.8) is 0 Å². The van der Waals surface area contributed by atoms with Gasteiger partial charge >= 0.3 is 0 Å². The SMILES string of the molecule is COc1ccc2nc(C)n(CC(=O)N3CC[C@H](N4CCOCC4)C[C@H]3c3ncc(-c4cc5ccccc5nc4OC)[nH]3)c2c1. The number of ether oxygens (including phenoxy) is 3. The van der Waals surface area contributed by atoms with E-state index in [1.807, 2.05) is 65.1 Å². The quantitative estimate of drug-likeness (QED) is 0.296. The number of para-hydroxylation sites is 1. The van der Waals surface area contributed by atoms with Gasteiger partial charge in [0.25, 0.3) is 0 Å². The number of fused-ring (bicyclic) bond motifs is 2. The zero-order chi connectivity index (χ0) is 30.2. The lowest BCUT2D eigenvalue weighted by Gasteiger charge is -2.44. The summed E-state index contributed by atoms with van der Waals surface area (Å²) in [5.74, 6) is 2.84. The predicted molar refractivity (Wildman–Crippen MR) is 167 cm³/mol. The van der Waals surface area contributed by atoms with Gasteiger partial charge in [0.15, 0.2) is 0 Å². The van der Waals surface area contributed by atoms with Crippen molar-refractivity contribution in [1.29, 1.82) is 0 Å². The van der Waals surface area contributed by atoms with E-state index in [0.29, 0.717) is 18.5 Å². The molecule has 11 heteroatoms. The van der Waals surface area contributed by atoms with Crippen LogP contribution in [0.2, 0.25) is 0 Å². The number of hydrogen-bond acceptors (Lipinski definition) is 8. The van der Waals surface area contributed by atoms with Crippen LogP contribution in [-0.4, -0.2) is 93.3 Å². The van der Waals surface area contributed by atoms with Gasteiger partial charge in [0, 0.05) is 37.1 Å². The molecule has 2 atom stereocenters. The predicted octanol–water partition coefficient (Wildman–Crippen LogP) is 4.36. The summed E-state index contributed by atoms with van der Waals surface area (Å²) in [6.07, 6.45) is 3.50. The molecule has 2 aliphatic heterocycles. The summed E-state index contributed by atoms with van der Waals surface area (Å²) in [6, 6.07) is 15.9. The second-order valence-electron chi connectivity index (χ2n) is 11.4. The van der Waals surface area contributed by atoms with Crippen LogP contribution < -0.4 is 9.47 Å². The summed E-state index contributed by atoms with van der Waals surface area (Å²) in [4.78, 5) is 36.5. The van der Waals surface area contributed by atoms with Crippen molar-refractivity contribution in [2.24, 2.45) is 0 Å². The Kier molecular flexibility index (Phi) is 7.65. The number of amides is 1. The van der Waals surface area contributed by atoms with Gasteiger partial charge in [-0.1, -0.05) is 18.2 Å². The fourth-order valence-corrected chi connectivity index (χ4v) is 6.64. The minimum Gasteiger partial charge on any atom is -0.497 e. The molecular formula is C33H37N7O4. The van der Waals surface area contributed by atoms with Crippen LogP contribution in [0.1, 0.15) is 30.5 Å². The number of carbonyl (C=O) groups is 1. The minimum atomic E-state index is -0.220. The van der Waals surface area contributed by atoms with Crippen molar-refractivity contribution in [2.75, 3.05) is 47.1 Å². The van der Waals surface area contributed by atoms with Gasteiger partial charge in [0.2, 0.25) is 11.8 Å². The van der Waals surface area contributed by atoms with E-state index in [-0.39, 0.29) is 18.5 Å². The monoisotopic (exact) mass is 595 g/mol. The Labute approximate surface area is 255 Å². The molecule has 0 bridgehead atoms. The Balaban J connectivity index is 1.22. The van der Waals surface area contributed by atoms with Crippen LogP contribution >= 0.6 is 0 Å². The summed E-state index contributed by atoms with van der Waals surface area (Å²) in [5.41, 5.74) is 4.22. The molecular weight excluding hydrogens is 558 g/mol. The standard InChI is InChI=1S/C33H37N7O4/c1-21-35-27-9-8-24(42-2)18-29(27)40(21)20-31(41)39-11-10-23(38-12-14-44-15-13-38)17-30(39)32-34-19-28(36-32)25-16-22-6-4-5-7-26(22)37-33(25)43-3/h4-9,16,18-19,23,30H,10-15,17,20H2,1-3H3,(H,34,36)/t23-,30-/m0/s1. The second-order valence-corrected chi connectivity index (χ2v) is 11.4. The number of imidazole rings is 2. The summed E-state index contributed by atoms with van der Waals surface area (Å²) in [7, 11) is 3.27. The van der Waals surface area contributed by atoms with E-state index in [2.05, 4.69) is 16.0 Å². The molecule has 7 rings (SSSR count). The van der Waals surface area contributed by atoms with Crippen molar-refractivity contribution < 1.29 is 19.0 Å². The van der Waals surface area contributed by atoms with E-state index in [0.717, 1.165) is 89.7 Å². The van der Waals surface area contributed by atoms with Crippen LogP contribution in [0, 0.1) is 6.92 Å². The number of morpholine rings is 1. The molecule has 2 saturated heterocycles. The van der Waals surface area contributed by atoms with E-state index in [1.165, 1.54) is 0 Å². The first-order chi connectivity index (χ1) is 21.5. The third-order valence-corrected chi connectivity index (χ3v) is 8.98. The third-order valence-electron chi connectivity index (χ3n) is 8.98. The highest BCUT2D eigenvalue weighted by molar-refractivity contribution is 5.85. The lowest BCUT2D eigenvalue weighted by atomic mass is 9.94. The molecule has 2 aromatic carbocycles. The number of hydrogen-bond donors (Lipinski definition) is 1. The topological polar surface area (TPSA) is 111 Å². The second kappa shape index (κ2) is 11.9. The van der Waals surface area contributed by atoms with Gasteiger partial charge in [-0.15, -0.1) is 0 Å². The Morgan fingerprint density at radius 3 is 2.68 bits per heavy atom. The van der Waals surface area contributed by atoms with E-state index in [9.17, 15) is 4.79 Å². The molecule has 44 heavy (non-hydrogen) atoms. The highest BCUT2D eigenvalue weighted by atomic mass is 16.5. The number of nitrogens with zero attached hydrogens (tertiary/aromatic N) is 6. The number of pyridine rings is 1. The normalized spacial score (nSPS) is 19.5. The molecule has 0 saturated carbocycles. The molecule has 0 radical (unpaired) electrons. The number of piperidine rings is 1. The fourth-order valence-electron chi connectivity index (χ4n) is 6.64. The summed E-state index contributed by atoms with van der Waals surface area (Å²) < 4.78 is 18.7. The Morgan fingerprint density at radius 1 is 1.02 bits per heavy atom. The number of rotatable bonds is 7. The Morgan fingerprint density at radius 2 is 1.86 bits per heavy atom. The maximum absolute atomic E-state index is 14.1. The van der Waals surface area contributed by atoms with Gasteiger partial charge in [-0.05, 0) is 44.0 Å². The number of aryl methyl sites for hydroxylation is 1. The molecule has 228 valence electrons. The number of carbonyl (C=O) groups excluding carboxylic acids is 1. The highest BCUT2D eigenvalue weighted by Gasteiger charge is 2.37. The van der Waals surface area contributed by atoms with E-state index >= 15 is 0 Å². The van der Waals surface area contributed by atoms with Gasteiger partial charge in [0.05, 0.1) is 67.5 Å². The number of aromatic amines is 1. The first-order valence-corrected chi connectivity index (χ1v) is 15.1. The maximum Gasteiger partial charge on any atom is 0.243 e. The van der Waals surface area contributed by atoms with Crippen LogP contribution in [0.4, 0.5) is 0 Å². The van der Waals surface area contributed by atoms with Crippen molar-refractivity contribution in [2.45, 2.75) is 38.4 Å². The molecule has 11 nitrogen and oxygen atoms in total. The molecule has 2 fully saturated rings. The summed E-state index contributed by atoms with van der Waals surface area (Å²) in [6.45, 7) is 6.03. The summed E-state index contributed by atoms with van der Waals surface area (Å²) >= 11 is 0. The molecule has 0 unspecified atom stereocenters. The number of benzene rings is 2. The Hall–Kier alpha value is -4.48. The molecule has 1 amide bonds. The van der Waals surface area contributed by atoms with Gasteiger partial charge in [-0.2, -0.15) is 0 Å². The minimum absolute atomic E-state index is 0.0311. The zero-order valence-corrected chi connectivity index (χ0v) is 25.3. The zero-order valence-electron chi connectivity index (χ0n) is 25.3. The number of aromatic nitrogens is 5. The fraction of sp³-hybridized carbons (Fsp3) is 0.394. The van der Waals surface area contributed by atoms with Crippen LogP contribution in [0.3, 0.4) is 0 Å². The lowest BCUT2D eigenvalue weighted by molar-refractivity contribution is -0.137. The molecule has 5 heterocycles. The van der Waals surface area contributed by atoms with E-state index in [1.54, 1.807) is 14.2 Å². The average Bonchev–Trinajstić information content (AvgIpc) is 3.68. The number of likely N-dealkylation sites (tertiary alicyclic amines) is 1. The Bertz CT molecular complexity index is 1810. The van der Waals surface area contributed by atoms with Crippen molar-refractivity contribution in [1.82, 2.24) is 34.3 Å². The van der Waals surface area contributed by atoms with Crippen molar-refractivity contribution >= 4 is 27.8 Å². The molecule has 2 aliphatic rings. The molecule has 0 aliphatic carbocycles. The van der Waals surface area contributed by atoms with Crippen LogP contribution in [0.15, 0.2) is 54.7 Å². The number of H-pyrrole nitrogens is 1. The van der Waals surface area contributed by atoms with E-state index < -0.39 is 0 Å². The van der Waals surface area contributed by atoms with Gasteiger partial charge in [0.1, 0.15) is 23.9 Å². The van der Waals surface area contributed by atoms with Gasteiger partial charge in [-0.3, -0.25) is 9.69 Å². The first-order valence-electron chi connectivity index (χ1n) is 15.1. The van der Waals surface area contributed by atoms with Crippen molar-refractivity contribution in [3.05, 3.63) is 66.4 Å². The number of methoxy groups -OCH3 is 2. The van der Waals surface area contributed by atoms with Crippen molar-refractivity contribution in [3.8, 4) is 22.9 Å². The van der Waals surface area contributed by atoms with Gasteiger partial charge in [-0.25, -0.2) is 15.0 Å². The molecule has 0 spiro atoms. The van der Waals surface area contributed by atoms with Crippen LogP contribution in [0.5, 0.6) is 11.6 Å². The van der Waals surface area contributed by atoms with Gasteiger partial charge < -0.3 is 28.7 Å². The molecule has 3 aromatic heterocycles. The largest absolute Gasteiger partial charge is 0.497 e. The molecule has 5 aromatic rings. The number of nitrogens with one attached hydrogen (secondary N) is 1. The van der Waals surface area contributed by atoms with Crippen LogP contribution in [-0.2, 0) is 16.1 Å². The highest BCUT2D eigenvalue weighted by Crippen LogP contribution is 2.36. The third kappa shape index (κ3) is 5.26.